The van der Waals surface area contributed by atoms with Crippen molar-refractivity contribution in [3.05, 3.63) is 0 Å². The van der Waals surface area contributed by atoms with E-state index in [4.69, 9.17) is 10.2 Å². The second-order valence-corrected chi connectivity index (χ2v) is 0.964. The van der Waals surface area contributed by atoms with Crippen molar-refractivity contribution in [3.63, 3.8) is 0 Å². The third-order valence-corrected chi connectivity index (χ3v) is 0.302. The fourth-order valence-electron chi connectivity index (χ4n) is 0.129. The van der Waals surface area contributed by atoms with Crippen molar-refractivity contribution in [2.24, 2.45) is 0 Å². The first-order chi connectivity index (χ1) is 3.13. The zero-order chi connectivity index (χ0) is 5.86. The van der Waals surface area contributed by atoms with Crippen LogP contribution >= 0.6 is 12.4 Å². The van der Waals surface area contributed by atoms with Gasteiger partial charge in [-0.3, -0.25) is 9.59 Å². The number of hydrogen-bond donors (Lipinski definition) is 2. The molecule has 0 spiro atoms. The maximum atomic E-state index is 9.43. The van der Waals surface area contributed by atoms with Crippen molar-refractivity contribution in [1.29, 1.82) is 0 Å². The minimum absolute atomic E-state index is 0. The molecule has 0 saturated heterocycles. The normalized spacial score (nSPS) is 5.60. The summed E-state index contributed by atoms with van der Waals surface area (Å²) in [4.78, 5) is 18.9. The molecule has 0 fully saturated rings. The smallest absolute Gasteiger partial charge is 1.00 e. The quantitative estimate of drug-likeness (QED) is 0.335. The number of carbonyl (C=O) groups is 2. The Morgan fingerprint density at radius 3 is 1.30 bits per heavy atom. The topological polar surface area (TPSA) is 74.6 Å². The molecule has 0 amide bonds. The largest absolute Gasteiger partial charge is 1.00 e. The number of hydrogen-bond acceptors (Lipinski definition) is 2. The molecule has 0 aliphatic carbocycles. The van der Waals surface area contributed by atoms with Gasteiger partial charge in [0.05, 0.1) is 0 Å². The number of aliphatic carboxylic acids is 2. The standard InChI is InChI=1S/C3H4O4.ClH.2Na.2H/c4-2(5)1-3(6)7;;;;;/h1H2,(H,4,5)(H,6,7);1H;;;;/q;;2*+1;2*-1. The molecule has 0 radical (unpaired) electrons. The molecule has 0 bridgehead atoms. The summed E-state index contributed by atoms with van der Waals surface area (Å²) >= 11 is 0. The van der Waals surface area contributed by atoms with E-state index in [0.29, 0.717) is 0 Å². The predicted molar refractivity (Wildman–Crippen MR) is 29.4 cm³/mol. The Hall–Kier alpha value is 1.23. The Kier molecular flexibility index (Phi) is 28.9. The minimum atomic E-state index is -1.31. The average molecular weight is 189 g/mol. The molecule has 0 unspecified atom stereocenters. The van der Waals surface area contributed by atoms with E-state index in [1.54, 1.807) is 0 Å². The van der Waals surface area contributed by atoms with Crippen LogP contribution in [0.4, 0.5) is 0 Å². The van der Waals surface area contributed by atoms with Crippen LogP contribution in [0.1, 0.15) is 9.27 Å². The Balaban J connectivity index is -0.0000000180. The van der Waals surface area contributed by atoms with E-state index in [0.717, 1.165) is 0 Å². The predicted octanol–water partition coefficient (Wildman–Crippen LogP) is -5.80. The number of carboxylic acid groups (broad SMARTS) is 2. The van der Waals surface area contributed by atoms with Crippen LogP contribution in [-0.2, 0) is 9.59 Å². The molecule has 0 saturated carbocycles. The van der Waals surface area contributed by atoms with Crippen molar-refractivity contribution in [2.75, 3.05) is 0 Å². The molecule has 7 heteroatoms. The maximum Gasteiger partial charge on any atom is 1.00 e. The fourth-order valence-corrected chi connectivity index (χ4v) is 0.129. The van der Waals surface area contributed by atoms with E-state index in [9.17, 15) is 9.59 Å². The summed E-state index contributed by atoms with van der Waals surface area (Å²) in [5.41, 5.74) is 0. The molecule has 0 aliphatic rings. The van der Waals surface area contributed by atoms with Crippen LogP contribution in [0.15, 0.2) is 0 Å². The zero-order valence-electron chi connectivity index (χ0n) is 7.83. The summed E-state index contributed by atoms with van der Waals surface area (Å²) < 4.78 is 0. The Morgan fingerprint density at radius 1 is 1.10 bits per heavy atom. The van der Waals surface area contributed by atoms with Crippen molar-refractivity contribution in [1.82, 2.24) is 0 Å². The van der Waals surface area contributed by atoms with Gasteiger partial charge in [0.1, 0.15) is 6.42 Å². The van der Waals surface area contributed by atoms with Crippen molar-refractivity contribution < 1.29 is 81.8 Å². The van der Waals surface area contributed by atoms with Gasteiger partial charge in [0.25, 0.3) is 0 Å². The van der Waals surface area contributed by atoms with Crippen molar-refractivity contribution in [3.8, 4) is 0 Å². The van der Waals surface area contributed by atoms with Crippen LogP contribution < -0.4 is 59.1 Å². The van der Waals surface area contributed by atoms with E-state index < -0.39 is 18.4 Å². The molecule has 4 nitrogen and oxygen atoms in total. The van der Waals surface area contributed by atoms with E-state index >= 15 is 0 Å². The minimum Gasteiger partial charge on any atom is -1.00 e. The first-order valence-corrected chi connectivity index (χ1v) is 1.56. The van der Waals surface area contributed by atoms with Gasteiger partial charge in [-0.2, -0.15) is 0 Å². The summed E-state index contributed by atoms with van der Waals surface area (Å²) in [6.45, 7) is 0. The van der Waals surface area contributed by atoms with Crippen molar-refractivity contribution in [2.45, 2.75) is 6.42 Å². The van der Waals surface area contributed by atoms with Gasteiger partial charge in [-0.15, -0.1) is 12.4 Å². The molecule has 0 rings (SSSR count). The van der Waals surface area contributed by atoms with Gasteiger partial charge in [0.15, 0.2) is 0 Å². The summed E-state index contributed by atoms with van der Waals surface area (Å²) in [5.74, 6) is -2.62. The Labute approximate surface area is 111 Å². The number of halogens is 1. The molecule has 0 atom stereocenters. The van der Waals surface area contributed by atoms with E-state index in [2.05, 4.69) is 0 Å². The molecule has 0 aromatic carbocycles. The molecule has 10 heavy (non-hydrogen) atoms. The third-order valence-electron chi connectivity index (χ3n) is 0.302. The van der Waals surface area contributed by atoms with Crippen LogP contribution in [0.2, 0.25) is 0 Å². The van der Waals surface area contributed by atoms with Gasteiger partial charge in [-0.25, -0.2) is 0 Å². The van der Waals surface area contributed by atoms with Gasteiger partial charge in [0, 0.05) is 0 Å². The van der Waals surface area contributed by atoms with Gasteiger partial charge in [0.2, 0.25) is 0 Å². The number of rotatable bonds is 2. The van der Waals surface area contributed by atoms with Gasteiger partial charge >= 0.3 is 71.1 Å². The van der Waals surface area contributed by atoms with Crippen LogP contribution in [0, 0.1) is 0 Å². The van der Waals surface area contributed by atoms with Gasteiger partial charge in [-0.1, -0.05) is 0 Å². The van der Waals surface area contributed by atoms with Crippen LogP contribution in [0.25, 0.3) is 0 Å². The summed E-state index contributed by atoms with van der Waals surface area (Å²) in [5, 5.41) is 15.4. The molecule has 0 aromatic rings. The van der Waals surface area contributed by atoms with Crippen LogP contribution in [0.5, 0.6) is 0 Å². The average Bonchev–Trinajstić information content (AvgIpc) is 1.27. The van der Waals surface area contributed by atoms with Gasteiger partial charge in [-0.05, 0) is 0 Å². The summed E-state index contributed by atoms with van der Waals surface area (Å²) in [6.07, 6.45) is -0.806. The van der Waals surface area contributed by atoms with Crippen LogP contribution in [-0.4, -0.2) is 22.2 Å². The van der Waals surface area contributed by atoms with E-state index in [1.165, 1.54) is 0 Å². The fraction of sp³-hybridized carbons (Fsp3) is 0.333. The zero-order valence-corrected chi connectivity index (χ0v) is 10.6. The molecule has 52 valence electrons. The summed E-state index contributed by atoms with van der Waals surface area (Å²) in [7, 11) is 0. The molecular weight excluding hydrogens is 181 g/mol. The second-order valence-electron chi connectivity index (χ2n) is 0.964. The Morgan fingerprint density at radius 2 is 1.30 bits per heavy atom. The van der Waals surface area contributed by atoms with Crippen LogP contribution in [0.3, 0.4) is 0 Å². The second kappa shape index (κ2) is 12.9. The molecule has 0 aromatic heterocycles. The first-order valence-electron chi connectivity index (χ1n) is 1.56. The first kappa shape index (κ1) is 22.5. The molecule has 2 N–H and O–H groups in total. The molecule has 0 heterocycles. The monoisotopic (exact) mass is 188 g/mol. The van der Waals surface area contributed by atoms with E-state index in [-0.39, 0.29) is 74.4 Å². The van der Waals surface area contributed by atoms with Crippen molar-refractivity contribution >= 4 is 24.3 Å². The number of carboxylic acids is 2. The molecular formula is C3H7ClNa2O4. The third kappa shape index (κ3) is 22.9. The maximum absolute atomic E-state index is 9.43. The van der Waals surface area contributed by atoms with E-state index in [1.807, 2.05) is 0 Å². The van der Waals surface area contributed by atoms with Gasteiger partial charge < -0.3 is 13.1 Å². The Bertz CT molecular complexity index is 102. The summed E-state index contributed by atoms with van der Waals surface area (Å²) in [6, 6.07) is 0. The SMILES string of the molecule is Cl.O=C(O)CC(=O)O.[H-].[H-].[Na+].[Na+]. The molecule has 0 aliphatic heterocycles.